The van der Waals surface area contributed by atoms with Crippen LogP contribution in [0.2, 0.25) is 0 Å². The SMILES string of the molecule is COC(=O)C(c1c(Br)cncc1Br)C1CC1. The van der Waals surface area contributed by atoms with Gasteiger partial charge >= 0.3 is 5.97 Å². The highest BCUT2D eigenvalue weighted by atomic mass is 79.9. The number of rotatable bonds is 3. The van der Waals surface area contributed by atoms with Crippen LogP contribution < -0.4 is 0 Å². The number of carbonyl (C=O) groups excluding carboxylic acids is 1. The molecule has 0 amide bonds. The average molecular weight is 349 g/mol. The molecule has 1 heterocycles. The number of hydrogen-bond acceptors (Lipinski definition) is 3. The van der Waals surface area contributed by atoms with E-state index in [0.717, 1.165) is 27.4 Å². The molecule has 0 spiro atoms. The highest BCUT2D eigenvalue weighted by molar-refractivity contribution is 9.11. The minimum absolute atomic E-state index is 0.171. The van der Waals surface area contributed by atoms with Crippen LogP contribution in [0, 0.1) is 5.92 Å². The molecule has 1 saturated carbocycles. The molecule has 0 N–H and O–H groups in total. The Balaban J connectivity index is 2.42. The van der Waals surface area contributed by atoms with Crippen LogP contribution in [0.5, 0.6) is 0 Å². The summed E-state index contributed by atoms with van der Waals surface area (Å²) in [5.41, 5.74) is 0.948. The standard InChI is InChI=1S/C11H11Br2NO2/c1-16-11(15)9(6-2-3-6)10-7(12)4-14-5-8(10)13/h4-6,9H,2-3H2,1H3. The predicted octanol–water partition coefficient (Wildman–Crippen LogP) is 3.27. The molecule has 3 nitrogen and oxygen atoms in total. The van der Waals surface area contributed by atoms with E-state index < -0.39 is 0 Å². The molecule has 0 bridgehead atoms. The highest BCUT2D eigenvalue weighted by Gasteiger charge is 2.40. The zero-order chi connectivity index (χ0) is 11.7. The van der Waals surface area contributed by atoms with Gasteiger partial charge < -0.3 is 4.74 Å². The van der Waals surface area contributed by atoms with Crippen molar-refractivity contribution < 1.29 is 9.53 Å². The molecule has 16 heavy (non-hydrogen) atoms. The number of esters is 1. The maximum absolute atomic E-state index is 11.8. The van der Waals surface area contributed by atoms with Crippen molar-refractivity contribution in [1.29, 1.82) is 0 Å². The van der Waals surface area contributed by atoms with E-state index in [-0.39, 0.29) is 11.9 Å². The molecule has 86 valence electrons. The topological polar surface area (TPSA) is 39.2 Å². The van der Waals surface area contributed by atoms with Crippen LogP contribution in [0.3, 0.4) is 0 Å². The van der Waals surface area contributed by atoms with Crippen molar-refractivity contribution in [3.63, 3.8) is 0 Å². The summed E-state index contributed by atoms with van der Waals surface area (Å²) in [5, 5.41) is 0. The van der Waals surface area contributed by atoms with Gasteiger partial charge in [-0.1, -0.05) is 0 Å². The summed E-state index contributed by atoms with van der Waals surface area (Å²) in [6.45, 7) is 0. The van der Waals surface area contributed by atoms with Crippen LogP contribution in [0.15, 0.2) is 21.3 Å². The summed E-state index contributed by atoms with van der Waals surface area (Å²) in [4.78, 5) is 15.9. The van der Waals surface area contributed by atoms with Gasteiger partial charge in [-0.25, -0.2) is 0 Å². The Morgan fingerprint density at radius 2 is 2.00 bits per heavy atom. The third-order valence-corrected chi connectivity index (χ3v) is 4.01. The largest absolute Gasteiger partial charge is 0.469 e. The monoisotopic (exact) mass is 347 g/mol. The van der Waals surface area contributed by atoms with E-state index in [1.165, 1.54) is 7.11 Å². The van der Waals surface area contributed by atoms with E-state index in [9.17, 15) is 4.79 Å². The van der Waals surface area contributed by atoms with E-state index in [2.05, 4.69) is 36.8 Å². The third-order valence-electron chi connectivity index (χ3n) is 2.75. The van der Waals surface area contributed by atoms with Crippen molar-refractivity contribution in [3.05, 3.63) is 26.9 Å². The number of halogens is 2. The first kappa shape index (κ1) is 12.0. The predicted molar refractivity (Wildman–Crippen MR) is 67.1 cm³/mol. The fourth-order valence-corrected chi connectivity index (χ4v) is 3.24. The Bertz CT molecular complexity index is 398. The second-order valence-corrected chi connectivity index (χ2v) is 5.56. The van der Waals surface area contributed by atoms with Crippen molar-refractivity contribution in [2.45, 2.75) is 18.8 Å². The maximum atomic E-state index is 11.8. The zero-order valence-electron chi connectivity index (χ0n) is 8.74. The molecule has 1 aromatic rings. The summed E-state index contributed by atoms with van der Waals surface area (Å²) in [6, 6.07) is 0. The van der Waals surface area contributed by atoms with Gasteiger partial charge in [0.25, 0.3) is 0 Å². The van der Waals surface area contributed by atoms with Crippen LogP contribution in [-0.4, -0.2) is 18.1 Å². The van der Waals surface area contributed by atoms with Crippen LogP contribution in [0.4, 0.5) is 0 Å². The molecule has 1 aliphatic carbocycles. The summed E-state index contributed by atoms with van der Waals surface area (Å²) >= 11 is 6.88. The second kappa shape index (κ2) is 4.84. The molecule has 0 aromatic carbocycles. The molecular weight excluding hydrogens is 338 g/mol. The van der Waals surface area contributed by atoms with Gasteiger partial charge in [0.05, 0.1) is 13.0 Å². The summed E-state index contributed by atoms with van der Waals surface area (Å²) in [6.07, 6.45) is 5.58. The number of methoxy groups -OCH3 is 1. The van der Waals surface area contributed by atoms with Gasteiger partial charge in [0, 0.05) is 21.3 Å². The Kier molecular flexibility index (Phi) is 3.64. The fraction of sp³-hybridized carbons (Fsp3) is 0.455. The number of hydrogen-bond donors (Lipinski definition) is 0. The van der Waals surface area contributed by atoms with Crippen molar-refractivity contribution >= 4 is 37.8 Å². The average Bonchev–Trinajstić information content (AvgIpc) is 3.06. The van der Waals surface area contributed by atoms with Crippen LogP contribution >= 0.6 is 31.9 Å². The van der Waals surface area contributed by atoms with Crippen LogP contribution in [0.25, 0.3) is 0 Å². The van der Waals surface area contributed by atoms with Crippen LogP contribution in [-0.2, 0) is 9.53 Å². The van der Waals surface area contributed by atoms with Gasteiger partial charge in [-0.2, -0.15) is 0 Å². The molecule has 5 heteroatoms. The Labute approximate surface area is 111 Å². The lowest BCUT2D eigenvalue weighted by atomic mass is 9.95. The highest BCUT2D eigenvalue weighted by Crippen LogP contribution is 2.46. The number of ether oxygens (including phenoxy) is 1. The lowest BCUT2D eigenvalue weighted by Crippen LogP contribution is -2.17. The van der Waals surface area contributed by atoms with E-state index in [1.807, 2.05) is 0 Å². The van der Waals surface area contributed by atoms with Gasteiger partial charge in [-0.15, -0.1) is 0 Å². The number of pyridine rings is 1. The molecule has 0 saturated heterocycles. The lowest BCUT2D eigenvalue weighted by molar-refractivity contribution is -0.143. The minimum Gasteiger partial charge on any atom is -0.469 e. The number of aromatic nitrogens is 1. The first-order valence-electron chi connectivity index (χ1n) is 5.02. The van der Waals surface area contributed by atoms with Gasteiger partial charge in [0.1, 0.15) is 0 Å². The molecule has 0 aliphatic heterocycles. The summed E-state index contributed by atoms with van der Waals surface area (Å²) in [5.74, 6) is 0.0503. The van der Waals surface area contributed by atoms with E-state index in [0.29, 0.717) is 5.92 Å². The second-order valence-electron chi connectivity index (χ2n) is 3.86. The minimum atomic E-state index is -0.184. The lowest BCUT2D eigenvalue weighted by Gasteiger charge is -2.16. The molecule has 2 rings (SSSR count). The molecular formula is C11H11Br2NO2. The van der Waals surface area contributed by atoms with Crippen molar-refractivity contribution in [2.75, 3.05) is 7.11 Å². The molecule has 1 fully saturated rings. The molecule has 1 aliphatic rings. The molecule has 1 atom stereocenters. The first-order chi connectivity index (χ1) is 7.65. The van der Waals surface area contributed by atoms with Gasteiger partial charge in [0.2, 0.25) is 0 Å². The number of nitrogens with zero attached hydrogens (tertiary/aromatic N) is 1. The normalized spacial score (nSPS) is 16.9. The maximum Gasteiger partial charge on any atom is 0.313 e. The van der Waals surface area contributed by atoms with Crippen molar-refractivity contribution in [2.24, 2.45) is 5.92 Å². The first-order valence-corrected chi connectivity index (χ1v) is 6.60. The van der Waals surface area contributed by atoms with Gasteiger partial charge in [0.15, 0.2) is 0 Å². The quantitative estimate of drug-likeness (QED) is 0.787. The number of carbonyl (C=O) groups is 1. The van der Waals surface area contributed by atoms with E-state index >= 15 is 0 Å². The Morgan fingerprint density at radius 3 is 2.44 bits per heavy atom. The molecule has 1 aromatic heterocycles. The molecule has 1 unspecified atom stereocenters. The summed E-state index contributed by atoms with van der Waals surface area (Å²) < 4.78 is 6.58. The summed E-state index contributed by atoms with van der Waals surface area (Å²) in [7, 11) is 1.43. The smallest absolute Gasteiger partial charge is 0.313 e. The van der Waals surface area contributed by atoms with Crippen LogP contribution in [0.1, 0.15) is 24.3 Å². The van der Waals surface area contributed by atoms with Gasteiger partial charge in [-0.3, -0.25) is 9.78 Å². The van der Waals surface area contributed by atoms with E-state index in [1.54, 1.807) is 12.4 Å². The Hall–Kier alpha value is -0.420. The molecule has 0 radical (unpaired) electrons. The van der Waals surface area contributed by atoms with Gasteiger partial charge in [-0.05, 0) is 56.2 Å². The van der Waals surface area contributed by atoms with Crippen molar-refractivity contribution in [1.82, 2.24) is 4.98 Å². The zero-order valence-corrected chi connectivity index (χ0v) is 11.9. The Morgan fingerprint density at radius 1 is 1.44 bits per heavy atom. The van der Waals surface area contributed by atoms with Crippen molar-refractivity contribution in [3.8, 4) is 0 Å². The third kappa shape index (κ3) is 2.30. The van der Waals surface area contributed by atoms with E-state index in [4.69, 9.17) is 4.74 Å². The fourth-order valence-electron chi connectivity index (χ4n) is 1.82.